The van der Waals surface area contributed by atoms with Gasteiger partial charge in [-0.15, -0.1) is 0 Å². The van der Waals surface area contributed by atoms with Crippen molar-refractivity contribution in [3.63, 3.8) is 0 Å². The van der Waals surface area contributed by atoms with E-state index in [0.29, 0.717) is 23.7 Å². The van der Waals surface area contributed by atoms with Crippen LogP contribution < -0.4 is 18.9 Å². The molecule has 2 aromatic carbocycles. The number of benzene rings is 2. The molecule has 2 fully saturated rings. The first-order chi connectivity index (χ1) is 22.2. The van der Waals surface area contributed by atoms with Gasteiger partial charge in [-0.3, -0.25) is 9.80 Å². The van der Waals surface area contributed by atoms with Crippen LogP contribution in [0.4, 0.5) is 0 Å². The minimum atomic E-state index is 0.284. The van der Waals surface area contributed by atoms with E-state index >= 15 is 0 Å². The van der Waals surface area contributed by atoms with Gasteiger partial charge in [0.1, 0.15) is 0 Å². The Hall–Kier alpha value is -3.10. The second-order valence-electron chi connectivity index (χ2n) is 14.6. The maximum absolute atomic E-state index is 5.73. The summed E-state index contributed by atoms with van der Waals surface area (Å²) in [6.07, 6.45) is 6.13. The lowest BCUT2D eigenvalue weighted by Gasteiger charge is -2.45. The monoisotopic (exact) mass is 630 g/mol. The predicted octanol–water partition coefficient (Wildman–Crippen LogP) is 7.15. The molecule has 0 aliphatic carbocycles. The first-order valence-corrected chi connectivity index (χ1v) is 17.3. The van der Waals surface area contributed by atoms with Crippen LogP contribution in [-0.2, 0) is 12.8 Å². The summed E-state index contributed by atoms with van der Waals surface area (Å²) in [5, 5.41) is 10.5. The van der Waals surface area contributed by atoms with Crippen molar-refractivity contribution < 1.29 is 18.9 Å². The van der Waals surface area contributed by atoms with Gasteiger partial charge in [-0.25, -0.2) is 0 Å². The van der Waals surface area contributed by atoms with Crippen LogP contribution in [-0.4, -0.2) is 75.8 Å². The average molecular weight is 631 g/mol. The third-order valence-corrected chi connectivity index (χ3v) is 10.7. The summed E-state index contributed by atoms with van der Waals surface area (Å²) in [5.74, 6) is 5.26. The Labute approximate surface area is 276 Å². The van der Waals surface area contributed by atoms with Gasteiger partial charge in [0.2, 0.25) is 0 Å². The van der Waals surface area contributed by atoms with Crippen LogP contribution in [0, 0.1) is 23.7 Å². The summed E-state index contributed by atoms with van der Waals surface area (Å²) in [6.45, 7) is 13.5. The highest BCUT2D eigenvalue weighted by Crippen LogP contribution is 2.45. The topological polar surface area (TPSA) is 68.1 Å². The molecule has 0 amide bonds. The molecule has 4 aliphatic rings. The SMILES string of the molecule is COc1cc2c(cc1OC)[C@H]1C/C(=N\N=C3/C[C@H]4c5cc(OC)c(OC)cc5CCN4C[C@H]3CC(C)C)[C@@H](CC(C)C)CN1CC2. The quantitative estimate of drug-likeness (QED) is 0.274. The van der Waals surface area contributed by atoms with Crippen molar-refractivity contribution >= 4 is 11.4 Å². The Morgan fingerprint density at radius 3 is 1.33 bits per heavy atom. The number of methoxy groups -OCH3 is 4. The van der Waals surface area contributed by atoms with Crippen LogP contribution >= 0.6 is 0 Å². The molecule has 0 unspecified atom stereocenters. The fourth-order valence-electron chi connectivity index (χ4n) is 8.51. The number of rotatable bonds is 9. The van der Waals surface area contributed by atoms with Crippen molar-refractivity contribution in [2.24, 2.45) is 33.9 Å². The molecule has 0 aromatic heterocycles. The Balaban J connectivity index is 1.35. The van der Waals surface area contributed by atoms with Gasteiger partial charge in [-0.2, -0.15) is 10.2 Å². The lowest BCUT2D eigenvalue weighted by molar-refractivity contribution is 0.146. The Bertz CT molecular complexity index is 1360. The lowest BCUT2D eigenvalue weighted by atomic mass is 9.79. The van der Waals surface area contributed by atoms with Crippen molar-refractivity contribution in [1.82, 2.24) is 9.80 Å². The number of hydrogen-bond donors (Lipinski definition) is 0. The van der Waals surface area contributed by atoms with Crippen molar-refractivity contribution in [2.75, 3.05) is 54.6 Å². The van der Waals surface area contributed by atoms with E-state index in [4.69, 9.17) is 29.2 Å². The van der Waals surface area contributed by atoms with Gasteiger partial charge in [-0.05, 0) is 84.0 Å². The van der Waals surface area contributed by atoms with Crippen molar-refractivity contribution in [2.45, 2.75) is 78.3 Å². The van der Waals surface area contributed by atoms with Crippen molar-refractivity contribution in [3.05, 3.63) is 46.5 Å². The number of ether oxygens (including phenoxy) is 4. The van der Waals surface area contributed by atoms with Crippen molar-refractivity contribution in [3.8, 4) is 23.0 Å². The number of piperidine rings is 2. The zero-order valence-electron chi connectivity index (χ0n) is 29.3. The average Bonchev–Trinajstić information content (AvgIpc) is 3.05. The molecule has 4 aliphatic heterocycles. The molecule has 8 nitrogen and oxygen atoms in total. The molecule has 250 valence electrons. The first-order valence-electron chi connectivity index (χ1n) is 17.3. The van der Waals surface area contributed by atoms with E-state index < -0.39 is 0 Å². The molecule has 4 heterocycles. The molecule has 0 spiro atoms. The summed E-state index contributed by atoms with van der Waals surface area (Å²) in [4.78, 5) is 5.35. The van der Waals surface area contributed by atoms with E-state index in [9.17, 15) is 0 Å². The van der Waals surface area contributed by atoms with Gasteiger partial charge in [0.15, 0.2) is 23.0 Å². The van der Waals surface area contributed by atoms with Crippen LogP contribution in [0.5, 0.6) is 23.0 Å². The normalized spacial score (nSPS) is 26.5. The van der Waals surface area contributed by atoms with Crippen LogP contribution in [0.1, 0.15) is 87.7 Å². The van der Waals surface area contributed by atoms with Gasteiger partial charge in [0, 0.05) is 74.4 Å². The van der Waals surface area contributed by atoms with Gasteiger partial charge in [-0.1, -0.05) is 27.7 Å². The summed E-state index contributed by atoms with van der Waals surface area (Å²) in [6, 6.07) is 9.34. The zero-order valence-corrected chi connectivity index (χ0v) is 29.3. The van der Waals surface area contributed by atoms with Crippen LogP contribution in [0.3, 0.4) is 0 Å². The highest BCUT2D eigenvalue weighted by Gasteiger charge is 2.40. The Kier molecular flexibility index (Phi) is 9.95. The summed E-state index contributed by atoms with van der Waals surface area (Å²) >= 11 is 0. The molecule has 2 saturated heterocycles. The minimum Gasteiger partial charge on any atom is -0.493 e. The summed E-state index contributed by atoms with van der Waals surface area (Å²) in [7, 11) is 6.89. The molecule has 0 saturated carbocycles. The first kappa shape index (κ1) is 32.8. The van der Waals surface area contributed by atoms with E-state index in [1.54, 1.807) is 28.4 Å². The Morgan fingerprint density at radius 2 is 0.978 bits per heavy atom. The fourth-order valence-corrected chi connectivity index (χ4v) is 8.51. The number of nitrogens with zero attached hydrogens (tertiary/aromatic N) is 4. The van der Waals surface area contributed by atoms with Crippen LogP contribution in [0.25, 0.3) is 0 Å². The lowest BCUT2D eigenvalue weighted by Crippen LogP contribution is -2.47. The largest absolute Gasteiger partial charge is 0.493 e. The third kappa shape index (κ3) is 6.52. The number of fused-ring (bicyclic) bond motifs is 6. The van der Waals surface area contributed by atoms with Gasteiger partial charge in [0.25, 0.3) is 0 Å². The second kappa shape index (κ2) is 13.9. The molecule has 0 radical (unpaired) electrons. The molecule has 46 heavy (non-hydrogen) atoms. The molecule has 0 bridgehead atoms. The standard InChI is InChI=1S/C38H54N4O4/c1-23(2)13-27-21-41-11-9-25-15-35(43-5)37(45-7)17-29(25)33(41)19-31(27)39-40-32-20-34-30-18-38(46-8)36(44-6)16-26(30)10-12-42(34)22-28(32)14-24(3)4/h15-18,23-24,27-28,33-34H,9-14,19-22H2,1-8H3/b39-31+,40-32+/t27-,28+,33+,34-. The molecule has 0 N–H and O–H groups in total. The highest BCUT2D eigenvalue weighted by molar-refractivity contribution is 5.92. The molecular formula is C38H54N4O4. The van der Waals surface area contributed by atoms with Gasteiger partial charge < -0.3 is 18.9 Å². The van der Waals surface area contributed by atoms with Gasteiger partial charge >= 0.3 is 0 Å². The maximum Gasteiger partial charge on any atom is 0.161 e. The molecular weight excluding hydrogens is 576 g/mol. The maximum atomic E-state index is 5.73. The van der Waals surface area contributed by atoms with E-state index in [-0.39, 0.29) is 12.1 Å². The predicted molar refractivity (Wildman–Crippen MR) is 185 cm³/mol. The second-order valence-corrected chi connectivity index (χ2v) is 14.6. The zero-order chi connectivity index (χ0) is 32.5. The van der Waals surface area contributed by atoms with E-state index in [2.05, 4.69) is 61.8 Å². The molecule has 8 heteroatoms. The Morgan fingerprint density at radius 1 is 0.609 bits per heavy atom. The van der Waals surface area contributed by atoms with E-state index in [1.165, 1.54) is 33.7 Å². The van der Waals surface area contributed by atoms with Crippen LogP contribution in [0.15, 0.2) is 34.5 Å². The van der Waals surface area contributed by atoms with Crippen LogP contribution in [0.2, 0.25) is 0 Å². The van der Waals surface area contributed by atoms with E-state index in [1.807, 2.05) is 0 Å². The summed E-state index contributed by atoms with van der Waals surface area (Å²) in [5.41, 5.74) is 7.93. The van der Waals surface area contributed by atoms with Crippen molar-refractivity contribution in [1.29, 1.82) is 0 Å². The molecule has 4 atom stereocenters. The number of hydrogen-bond acceptors (Lipinski definition) is 8. The minimum absolute atomic E-state index is 0.284. The van der Waals surface area contributed by atoms with E-state index in [0.717, 1.165) is 87.7 Å². The third-order valence-electron chi connectivity index (χ3n) is 10.7. The fraction of sp³-hybridized carbons (Fsp3) is 0.632. The van der Waals surface area contributed by atoms with Gasteiger partial charge in [0.05, 0.1) is 28.4 Å². The summed E-state index contributed by atoms with van der Waals surface area (Å²) < 4.78 is 22.8. The molecule has 2 aromatic rings. The highest BCUT2D eigenvalue weighted by atomic mass is 16.5. The smallest absolute Gasteiger partial charge is 0.161 e. The molecule has 6 rings (SSSR count).